The summed E-state index contributed by atoms with van der Waals surface area (Å²) in [5, 5.41) is 5.02. The number of amides is 1. The molecule has 1 saturated heterocycles. The van der Waals surface area contributed by atoms with E-state index >= 15 is 0 Å². The highest BCUT2D eigenvalue weighted by Gasteiger charge is 2.30. The first-order chi connectivity index (χ1) is 15.2. The number of rotatable bonds is 2. The maximum atomic E-state index is 13.2. The maximum Gasteiger partial charge on any atom is 0.259 e. The van der Waals surface area contributed by atoms with Gasteiger partial charge in [-0.1, -0.05) is 0 Å². The molecule has 1 aliphatic heterocycles. The van der Waals surface area contributed by atoms with E-state index in [9.17, 15) is 9.59 Å². The van der Waals surface area contributed by atoms with Crippen molar-refractivity contribution in [2.45, 2.75) is 44.4 Å². The normalized spacial score (nSPS) is 19.1. The zero-order valence-electron chi connectivity index (χ0n) is 17.0. The molecule has 1 unspecified atom stereocenters. The standard InChI is InChI=1S/C22H22N6O2S/c29-20-17-14-6-1-2-7-16(14)31-21(17)26-18(25-20)13-5-3-9-27(12-13)22(30)15-11-24-28-10-4-8-23-19(15)28/h4,8,10-11,13H,1-3,5-7,9,12H2,(H,25,26,29). The lowest BCUT2D eigenvalue weighted by Gasteiger charge is -2.32. The molecule has 5 heterocycles. The molecule has 1 fully saturated rings. The van der Waals surface area contributed by atoms with Gasteiger partial charge in [-0.3, -0.25) is 9.59 Å². The Hall–Kier alpha value is -3.07. The lowest BCUT2D eigenvalue weighted by Crippen LogP contribution is -2.40. The topological polar surface area (TPSA) is 96.2 Å². The number of nitrogens with one attached hydrogen (secondary N) is 1. The first-order valence-corrected chi connectivity index (χ1v) is 11.6. The predicted octanol–water partition coefficient (Wildman–Crippen LogP) is 2.93. The molecule has 4 aromatic rings. The third-order valence-corrected chi connectivity index (χ3v) is 7.63. The summed E-state index contributed by atoms with van der Waals surface area (Å²) >= 11 is 1.67. The number of fused-ring (bicyclic) bond motifs is 4. The Morgan fingerprint density at radius 2 is 2.13 bits per heavy atom. The molecule has 8 nitrogen and oxygen atoms in total. The van der Waals surface area contributed by atoms with Gasteiger partial charge in [0.1, 0.15) is 16.2 Å². The molecule has 0 saturated carbocycles. The van der Waals surface area contributed by atoms with Crippen molar-refractivity contribution >= 4 is 33.1 Å². The van der Waals surface area contributed by atoms with E-state index in [2.05, 4.69) is 15.1 Å². The van der Waals surface area contributed by atoms with Crippen molar-refractivity contribution in [3.63, 3.8) is 0 Å². The minimum atomic E-state index is -0.0755. The van der Waals surface area contributed by atoms with E-state index in [4.69, 9.17) is 4.98 Å². The van der Waals surface area contributed by atoms with Crippen molar-refractivity contribution in [1.82, 2.24) is 29.5 Å². The molecule has 0 spiro atoms. The van der Waals surface area contributed by atoms with E-state index < -0.39 is 0 Å². The third kappa shape index (κ3) is 3.06. The summed E-state index contributed by atoms with van der Waals surface area (Å²) in [6.07, 6.45) is 11.1. The molecule has 6 rings (SSSR count). The van der Waals surface area contributed by atoms with Crippen molar-refractivity contribution in [2.75, 3.05) is 13.1 Å². The Morgan fingerprint density at radius 3 is 3.06 bits per heavy atom. The predicted molar refractivity (Wildman–Crippen MR) is 118 cm³/mol. The van der Waals surface area contributed by atoms with E-state index in [0.717, 1.165) is 42.3 Å². The van der Waals surface area contributed by atoms with Crippen LogP contribution in [0.5, 0.6) is 0 Å². The number of piperidine rings is 1. The number of carbonyl (C=O) groups excluding carboxylic acids is 1. The summed E-state index contributed by atoms with van der Waals surface area (Å²) in [6, 6.07) is 1.78. The van der Waals surface area contributed by atoms with Crippen molar-refractivity contribution in [3.8, 4) is 0 Å². The van der Waals surface area contributed by atoms with Crippen LogP contribution in [0, 0.1) is 0 Å². The van der Waals surface area contributed by atoms with Crippen LogP contribution in [0.3, 0.4) is 0 Å². The number of hydrogen-bond acceptors (Lipinski definition) is 6. The molecular formula is C22H22N6O2S. The smallest absolute Gasteiger partial charge is 0.259 e. The van der Waals surface area contributed by atoms with E-state index in [1.807, 2.05) is 4.90 Å². The Kier molecular flexibility index (Phi) is 4.38. The van der Waals surface area contributed by atoms with Gasteiger partial charge < -0.3 is 9.88 Å². The molecule has 0 radical (unpaired) electrons. The van der Waals surface area contributed by atoms with Crippen LogP contribution in [0.15, 0.2) is 29.5 Å². The molecule has 4 aromatic heterocycles. The van der Waals surface area contributed by atoms with Crippen molar-refractivity contribution in [3.05, 3.63) is 56.8 Å². The molecule has 0 bridgehead atoms. The molecular weight excluding hydrogens is 412 g/mol. The number of aromatic nitrogens is 5. The van der Waals surface area contributed by atoms with Gasteiger partial charge in [-0.05, 0) is 50.2 Å². The van der Waals surface area contributed by atoms with Gasteiger partial charge in [-0.25, -0.2) is 14.5 Å². The van der Waals surface area contributed by atoms with Crippen molar-refractivity contribution in [2.24, 2.45) is 0 Å². The minimum absolute atomic E-state index is 0.0173. The highest BCUT2D eigenvalue weighted by Crippen LogP contribution is 2.34. The molecule has 1 aliphatic carbocycles. The lowest BCUT2D eigenvalue weighted by atomic mass is 9.95. The van der Waals surface area contributed by atoms with Gasteiger partial charge in [-0.15, -0.1) is 11.3 Å². The Bertz CT molecular complexity index is 1370. The number of aromatic amines is 1. The van der Waals surface area contributed by atoms with Crippen LogP contribution in [0.25, 0.3) is 15.9 Å². The number of H-pyrrole nitrogens is 1. The monoisotopic (exact) mass is 434 g/mol. The second kappa shape index (κ2) is 7.26. The molecule has 31 heavy (non-hydrogen) atoms. The molecule has 9 heteroatoms. The van der Waals surface area contributed by atoms with E-state index in [0.29, 0.717) is 30.1 Å². The van der Waals surface area contributed by atoms with Gasteiger partial charge in [0.15, 0.2) is 5.65 Å². The van der Waals surface area contributed by atoms with Crippen LogP contribution >= 0.6 is 11.3 Å². The average molecular weight is 435 g/mol. The highest BCUT2D eigenvalue weighted by atomic mass is 32.1. The highest BCUT2D eigenvalue weighted by molar-refractivity contribution is 7.18. The van der Waals surface area contributed by atoms with E-state index in [1.165, 1.54) is 16.9 Å². The first-order valence-electron chi connectivity index (χ1n) is 10.8. The van der Waals surface area contributed by atoms with Crippen LogP contribution in [0.2, 0.25) is 0 Å². The zero-order valence-corrected chi connectivity index (χ0v) is 17.8. The van der Waals surface area contributed by atoms with Gasteiger partial charge in [0.25, 0.3) is 11.5 Å². The minimum Gasteiger partial charge on any atom is -0.338 e. The van der Waals surface area contributed by atoms with Crippen LogP contribution < -0.4 is 5.56 Å². The zero-order chi connectivity index (χ0) is 20.9. The number of nitrogens with zero attached hydrogens (tertiary/aromatic N) is 5. The quantitative estimate of drug-likeness (QED) is 0.523. The summed E-state index contributed by atoms with van der Waals surface area (Å²) in [7, 11) is 0. The summed E-state index contributed by atoms with van der Waals surface area (Å²) in [4.78, 5) is 42.4. The largest absolute Gasteiger partial charge is 0.338 e. The average Bonchev–Trinajstić information content (AvgIpc) is 3.40. The van der Waals surface area contributed by atoms with E-state index in [1.54, 1.807) is 40.5 Å². The number of likely N-dealkylation sites (tertiary alicyclic amines) is 1. The first kappa shape index (κ1) is 18.7. The fourth-order valence-corrected chi connectivity index (χ4v) is 6.18. The molecule has 1 N–H and O–H groups in total. The second-order valence-corrected chi connectivity index (χ2v) is 9.46. The van der Waals surface area contributed by atoms with Gasteiger partial charge in [0.2, 0.25) is 0 Å². The SMILES string of the molecule is O=C(c1cnn2cccnc12)N1CCCC(c2nc3sc4c(c3c(=O)[nH]2)CCCC4)C1. The van der Waals surface area contributed by atoms with Gasteiger partial charge >= 0.3 is 0 Å². The maximum absolute atomic E-state index is 13.2. The van der Waals surface area contributed by atoms with Gasteiger partial charge in [0.05, 0.1) is 11.6 Å². The Labute approximate surface area is 181 Å². The summed E-state index contributed by atoms with van der Waals surface area (Å²) in [6.45, 7) is 1.21. The van der Waals surface area contributed by atoms with Crippen molar-refractivity contribution < 1.29 is 4.79 Å². The molecule has 0 aromatic carbocycles. The number of aryl methyl sites for hydroxylation is 2. The van der Waals surface area contributed by atoms with Gasteiger partial charge in [0, 0.05) is 36.3 Å². The summed E-state index contributed by atoms with van der Waals surface area (Å²) in [5.41, 5.74) is 2.23. The van der Waals surface area contributed by atoms with E-state index in [-0.39, 0.29) is 17.4 Å². The fraction of sp³-hybridized carbons (Fsp3) is 0.409. The molecule has 2 aliphatic rings. The molecule has 158 valence electrons. The Balaban J connectivity index is 1.31. The van der Waals surface area contributed by atoms with Crippen molar-refractivity contribution in [1.29, 1.82) is 0 Å². The number of hydrogen-bond donors (Lipinski definition) is 1. The van der Waals surface area contributed by atoms with Gasteiger partial charge in [-0.2, -0.15) is 5.10 Å². The lowest BCUT2D eigenvalue weighted by molar-refractivity contribution is 0.0706. The third-order valence-electron chi connectivity index (χ3n) is 6.45. The van der Waals surface area contributed by atoms with Crippen LogP contribution in [0.1, 0.15) is 58.2 Å². The molecule has 1 atom stereocenters. The number of thiophene rings is 1. The fourth-order valence-electron chi connectivity index (χ4n) is 4.91. The van der Waals surface area contributed by atoms with Crippen LogP contribution in [0.4, 0.5) is 0 Å². The molecule has 1 amide bonds. The second-order valence-electron chi connectivity index (χ2n) is 8.38. The summed E-state index contributed by atoms with van der Waals surface area (Å²) < 4.78 is 1.61. The Morgan fingerprint density at radius 1 is 1.23 bits per heavy atom. The van der Waals surface area contributed by atoms with Crippen LogP contribution in [-0.4, -0.2) is 48.5 Å². The number of carbonyl (C=O) groups is 1. The summed E-state index contributed by atoms with van der Waals surface area (Å²) in [5.74, 6) is 0.642. The van der Waals surface area contributed by atoms with Crippen LogP contribution in [-0.2, 0) is 12.8 Å².